The maximum Gasteiger partial charge on any atom is 0.189 e. The van der Waals surface area contributed by atoms with Crippen LogP contribution in [0.4, 0.5) is 0 Å². The van der Waals surface area contributed by atoms with Crippen molar-refractivity contribution in [3.8, 4) is 5.75 Å². The van der Waals surface area contributed by atoms with E-state index in [9.17, 15) is 4.79 Å². The zero-order valence-electron chi connectivity index (χ0n) is 11.1. The summed E-state index contributed by atoms with van der Waals surface area (Å²) >= 11 is 1.35. The molecule has 1 aromatic heterocycles. The third-order valence-electron chi connectivity index (χ3n) is 2.64. The summed E-state index contributed by atoms with van der Waals surface area (Å²) in [5.41, 5.74) is 1.64. The van der Waals surface area contributed by atoms with Crippen LogP contribution in [0.3, 0.4) is 0 Å². The Morgan fingerprint density at radius 3 is 2.74 bits per heavy atom. The lowest BCUT2D eigenvalue weighted by atomic mass is 10.1. The second-order valence-corrected chi connectivity index (χ2v) is 5.08. The van der Waals surface area contributed by atoms with Crippen molar-refractivity contribution in [1.29, 1.82) is 0 Å². The van der Waals surface area contributed by atoms with Crippen molar-refractivity contribution in [3.63, 3.8) is 0 Å². The Kier molecular flexibility index (Phi) is 4.21. The summed E-state index contributed by atoms with van der Waals surface area (Å²) in [5.74, 6) is 1.93. The van der Waals surface area contributed by atoms with Crippen LogP contribution in [0.5, 0.6) is 5.75 Å². The number of hydrogen-bond donors (Lipinski definition) is 1. The number of thioether (sulfide) groups is 1. The van der Waals surface area contributed by atoms with Gasteiger partial charge in [0, 0.05) is 5.56 Å². The maximum absolute atomic E-state index is 12.1. The van der Waals surface area contributed by atoms with Crippen molar-refractivity contribution in [2.24, 2.45) is 0 Å². The average molecular weight is 277 g/mol. The van der Waals surface area contributed by atoms with Gasteiger partial charge in [0.2, 0.25) is 0 Å². The number of aromatic nitrogens is 3. The van der Waals surface area contributed by atoms with Gasteiger partial charge < -0.3 is 9.72 Å². The van der Waals surface area contributed by atoms with Crippen LogP contribution in [0.25, 0.3) is 0 Å². The standard InChI is InChI=1S/C13H15N3O2S/c1-8-6-10(4-5-12(8)18-3)11(17)7-19-13-14-9(2)15-16-13/h4-6H,7H2,1-3H3,(H,14,15,16). The number of ketones is 1. The van der Waals surface area contributed by atoms with Crippen LogP contribution in [0.1, 0.15) is 21.7 Å². The molecule has 0 amide bonds. The second-order valence-electron chi connectivity index (χ2n) is 4.11. The fraction of sp³-hybridized carbons (Fsp3) is 0.308. The van der Waals surface area contributed by atoms with Crippen LogP contribution in [0, 0.1) is 13.8 Å². The summed E-state index contributed by atoms with van der Waals surface area (Å²) in [6.07, 6.45) is 0. The second kappa shape index (κ2) is 5.88. The normalized spacial score (nSPS) is 10.5. The van der Waals surface area contributed by atoms with E-state index in [2.05, 4.69) is 15.2 Å². The largest absolute Gasteiger partial charge is 0.496 e. The molecule has 0 fully saturated rings. The van der Waals surface area contributed by atoms with Gasteiger partial charge in [-0.2, -0.15) is 0 Å². The van der Waals surface area contributed by atoms with Crippen molar-refractivity contribution >= 4 is 17.5 Å². The summed E-state index contributed by atoms with van der Waals surface area (Å²) in [6.45, 7) is 3.74. The molecule has 1 heterocycles. The number of ether oxygens (including phenoxy) is 1. The maximum atomic E-state index is 12.1. The molecule has 1 aromatic carbocycles. The number of benzene rings is 1. The van der Waals surface area contributed by atoms with Gasteiger partial charge in [-0.25, -0.2) is 0 Å². The monoisotopic (exact) mass is 277 g/mol. The average Bonchev–Trinajstić information content (AvgIpc) is 2.81. The lowest BCUT2D eigenvalue weighted by Gasteiger charge is -2.06. The van der Waals surface area contributed by atoms with Gasteiger partial charge in [-0.05, 0) is 37.6 Å². The van der Waals surface area contributed by atoms with E-state index in [1.54, 1.807) is 13.2 Å². The number of aromatic amines is 1. The van der Waals surface area contributed by atoms with Crippen molar-refractivity contribution in [2.45, 2.75) is 19.0 Å². The van der Waals surface area contributed by atoms with Gasteiger partial charge in [0.15, 0.2) is 10.9 Å². The van der Waals surface area contributed by atoms with Crippen LogP contribution in [-0.2, 0) is 0 Å². The zero-order valence-corrected chi connectivity index (χ0v) is 11.9. The number of hydrogen-bond acceptors (Lipinski definition) is 5. The highest BCUT2D eigenvalue weighted by atomic mass is 32.2. The molecule has 100 valence electrons. The molecule has 0 unspecified atom stereocenters. The molecule has 0 aliphatic rings. The molecule has 0 bridgehead atoms. The summed E-state index contributed by atoms with van der Waals surface area (Å²) in [5, 5.41) is 8.42. The Hall–Kier alpha value is -1.82. The lowest BCUT2D eigenvalue weighted by molar-refractivity contribution is 0.102. The first-order valence-corrected chi connectivity index (χ1v) is 6.78. The minimum absolute atomic E-state index is 0.0600. The Bertz CT molecular complexity index is 595. The minimum Gasteiger partial charge on any atom is -0.496 e. The van der Waals surface area contributed by atoms with E-state index in [1.165, 1.54) is 11.8 Å². The summed E-state index contributed by atoms with van der Waals surface area (Å²) in [6, 6.07) is 5.43. The highest BCUT2D eigenvalue weighted by Crippen LogP contribution is 2.20. The number of carbonyl (C=O) groups is 1. The van der Waals surface area contributed by atoms with Crippen molar-refractivity contribution < 1.29 is 9.53 Å². The molecule has 1 N–H and O–H groups in total. The number of carbonyl (C=O) groups excluding carboxylic acids is 1. The van der Waals surface area contributed by atoms with E-state index in [4.69, 9.17) is 4.74 Å². The van der Waals surface area contributed by atoms with E-state index in [-0.39, 0.29) is 5.78 Å². The Morgan fingerprint density at radius 1 is 1.37 bits per heavy atom. The highest BCUT2D eigenvalue weighted by molar-refractivity contribution is 7.99. The van der Waals surface area contributed by atoms with Crippen LogP contribution in [0.15, 0.2) is 23.4 Å². The predicted octanol–water partition coefficient (Wildman–Crippen LogP) is 2.41. The molecule has 0 aliphatic carbocycles. The SMILES string of the molecule is COc1ccc(C(=O)CSc2nnc(C)[nH]2)cc1C. The van der Waals surface area contributed by atoms with Gasteiger partial charge in [-0.15, -0.1) is 10.2 Å². The molecule has 0 atom stereocenters. The van der Waals surface area contributed by atoms with Crippen LogP contribution < -0.4 is 4.74 Å². The minimum atomic E-state index is 0.0600. The number of methoxy groups -OCH3 is 1. The number of rotatable bonds is 5. The van der Waals surface area contributed by atoms with Gasteiger partial charge >= 0.3 is 0 Å². The third-order valence-corrected chi connectivity index (χ3v) is 3.50. The summed E-state index contributed by atoms with van der Waals surface area (Å²) in [7, 11) is 1.62. The molecule has 5 nitrogen and oxygen atoms in total. The molecule has 0 saturated heterocycles. The summed E-state index contributed by atoms with van der Waals surface area (Å²) in [4.78, 5) is 15.0. The molecular weight excluding hydrogens is 262 g/mol. The van der Waals surface area contributed by atoms with Crippen LogP contribution >= 0.6 is 11.8 Å². The molecule has 0 saturated carbocycles. The Morgan fingerprint density at radius 2 is 2.16 bits per heavy atom. The zero-order chi connectivity index (χ0) is 13.8. The van der Waals surface area contributed by atoms with Crippen molar-refractivity contribution in [2.75, 3.05) is 12.9 Å². The van der Waals surface area contributed by atoms with E-state index in [1.807, 2.05) is 26.0 Å². The quantitative estimate of drug-likeness (QED) is 0.671. The molecular formula is C13H15N3O2S. The molecule has 0 aliphatic heterocycles. The third kappa shape index (κ3) is 3.35. The fourth-order valence-corrected chi connectivity index (χ4v) is 2.41. The van der Waals surface area contributed by atoms with Gasteiger partial charge in [-0.3, -0.25) is 4.79 Å². The van der Waals surface area contributed by atoms with Gasteiger partial charge in [0.1, 0.15) is 11.6 Å². The van der Waals surface area contributed by atoms with Gasteiger partial charge in [0.05, 0.1) is 12.9 Å². The number of nitrogens with zero attached hydrogens (tertiary/aromatic N) is 2. The highest BCUT2D eigenvalue weighted by Gasteiger charge is 2.10. The van der Waals surface area contributed by atoms with Gasteiger partial charge in [-0.1, -0.05) is 11.8 Å². The first-order chi connectivity index (χ1) is 9.10. The van der Waals surface area contributed by atoms with Crippen LogP contribution in [0.2, 0.25) is 0 Å². The van der Waals surface area contributed by atoms with Crippen molar-refractivity contribution in [3.05, 3.63) is 35.2 Å². The smallest absolute Gasteiger partial charge is 0.189 e. The van der Waals surface area contributed by atoms with E-state index in [0.717, 1.165) is 17.1 Å². The number of H-pyrrole nitrogens is 1. The predicted molar refractivity (Wildman–Crippen MR) is 73.9 cm³/mol. The Labute approximate surface area is 115 Å². The first-order valence-electron chi connectivity index (χ1n) is 5.80. The van der Waals surface area contributed by atoms with E-state index < -0.39 is 0 Å². The molecule has 19 heavy (non-hydrogen) atoms. The molecule has 2 rings (SSSR count). The molecule has 2 aromatic rings. The number of Topliss-reactive ketones (excluding diaryl/α,β-unsaturated/α-hetero) is 1. The Balaban J connectivity index is 2.01. The number of nitrogens with one attached hydrogen (secondary N) is 1. The molecule has 0 spiro atoms. The lowest BCUT2D eigenvalue weighted by Crippen LogP contribution is -2.03. The molecule has 0 radical (unpaired) electrons. The van der Waals surface area contributed by atoms with Gasteiger partial charge in [0.25, 0.3) is 0 Å². The van der Waals surface area contributed by atoms with E-state index >= 15 is 0 Å². The molecule has 6 heteroatoms. The summed E-state index contributed by atoms with van der Waals surface area (Å²) < 4.78 is 5.17. The van der Waals surface area contributed by atoms with E-state index in [0.29, 0.717) is 16.5 Å². The fourth-order valence-electron chi connectivity index (χ4n) is 1.66. The van der Waals surface area contributed by atoms with Crippen molar-refractivity contribution in [1.82, 2.24) is 15.2 Å². The number of aryl methyl sites for hydroxylation is 2. The van der Waals surface area contributed by atoms with Crippen LogP contribution in [-0.4, -0.2) is 33.8 Å². The topological polar surface area (TPSA) is 67.9 Å². The first kappa shape index (κ1) is 13.6.